The van der Waals surface area contributed by atoms with Crippen molar-refractivity contribution in [2.75, 3.05) is 37.8 Å². The first kappa shape index (κ1) is 28.5. The maximum absolute atomic E-state index is 13.2. The van der Waals surface area contributed by atoms with Crippen molar-refractivity contribution in [3.63, 3.8) is 0 Å². The molecular formula is C25H34ClN3O5S. The first-order valence-corrected chi connectivity index (χ1v) is 13.7. The van der Waals surface area contributed by atoms with Gasteiger partial charge in [0.1, 0.15) is 11.8 Å². The number of amides is 2. The summed E-state index contributed by atoms with van der Waals surface area (Å²) >= 11 is 6.18. The van der Waals surface area contributed by atoms with E-state index in [2.05, 4.69) is 5.32 Å². The van der Waals surface area contributed by atoms with Gasteiger partial charge in [-0.25, -0.2) is 8.42 Å². The lowest BCUT2D eigenvalue weighted by molar-refractivity contribution is -0.140. The van der Waals surface area contributed by atoms with E-state index in [9.17, 15) is 18.0 Å². The Morgan fingerprint density at radius 2 is 1.80 bits per heavy atom. The Morgan fingerprint density at radius 1 is 1.11 bits per heavy atom. The van der Waals surface area contributed by atoms with E-state index in [-0.39, 0.29) is 36.2 Å². The largest absolute Gasteiger partial charge is 0.495 e. The van der Waals surface area contributed by atoms with Gasteiger partial charge in [0.25, 0.3) is 0 Å². The summed E-state index contributed by atoms with van der Waals surface area (Å²) in [6.45, 7) is 2.34. The van der Waals surface area contributed by atoms with Crippen molar-refractivity contribution in [2.24, 2.45) is 0 Å². The van der Waals surface area contributed by atoms with Crippen molar-refractivity contribution in [1.82, 2.24) is 10.2 Å². The van der Waals surface area contributed by atoms with Gasteiger partial charge in [-0.3, -0.25) is 13.9 Å². The average molecular weight is 524 g/mol. The van der Waals surface area contributed by atoms with Gasteiger partial charge < -0.3 is 15.0 Å². The molecule has 2 amide bonds. The number of carbonyl (C=O) groups excluding carboxylic acids is 2. The first-order chi connectivity index (χ1) is 16.6. The summed E-state index contributed by atoms with van der Waals surface area (Å²) in [5.74, 6) is 0.0186. The molecule has 0 radical (unpaired) electrons. The van der Waals surface area contributed by atoms with Crippen LogP contribution in [0.2, 0.25) is 5.02 Å². The number of halogens is 1. The van der Waals surface area contributed by atoms with Crippen LogP contribution in [0.25, 0.3) is 0 Å². The molecule has 0 heterocycles. The second kappa shape index (κ2) is 13.3. The van der Waals surface area contributed by atoms with E-state index in [1.54, 1.807) is 24.1 Å². The third-order valence-electron chi connectivity index (χ3n) is 5.69. The zero-order valence-electron chi connectivity index (χ0n) is 20.7. The fraction of sp³-hybridized carbons (Fsp3) is 0.440. The number of ether oxygens (including phenoxy) is 1. The Morgan fingerprint density at radius 3 is 2.34 bits per heavy atom. The van der Waals surface area contributed by atoms with E-state index in [0.29, 0.717) is 30.8 Å². The lowest BCUT2D eigenvalue weighted by Gasteiger charge is -2.30. The Kier molecular flexibility index (Phi) is 10.9. The summed E-state index contributed by atoms with van der Waals surface area (Å²) in [6, 6.07) is 13.9. The maximum atomic E-state index is 13.2. The molecule has 0 saturated heterocycles. The van der Waals surface area contributed by atoms with Crippen LogP contribution in [0.3, 0.4) is 0 Å². The predicted octanol–water partition coefficient (Wildman–Crippen LogP) is 3.49. The number of hydrogen-bond acceptors (Lipinski definition) is 5. The second-order valence-corrected chi connectivity index (χ2v) is 10.4. The quantitative estimate of drug-likeness (QED) is 0.433. The Labute approximate surface area is 213 Å². The summed E-state index contributed by atoms with van der Waals surface area (Å²) in [7, 11) is -0.583. The molecule has 2 rings (SSSR count). The van der Waals surface area contributed by atoms with Gasteiger partial charge in [0.05, 0.1) is 24.1 Å². The van der Waals surface area contributed by atoms with Crippen LogP contribution in [0.15, 0.2) is 48.5 Å². The van der Waals surface area contributed by atoms with E-state index >= 15 is 0 Å². The number of sulfonamides is 1. The molecule has 0 fully saturated rings. The Bertz CT molecular complexity index is 1100. The van der Waals surface area contributed by atoms with Crippen molar-refractivity contribution in [2.45, 2.75) is 38.6 Å². The first-order valence-electron chi connectivity index (χ1n) is 11.5. The van der Waals surface area contributed by atoms with E-state index in [1.807, 2.05) is 37.3 Å². The van der Waals surface area contributed by atoms with E-state index in [0.717, 1.165) is 11.8 Å². The van der Waals surface area contributed by atoms with Crippen LogP contribution >= 0.6 is 11.6 Å². The number of carbonyl (C=O) groups is 2. The highest BCUT2D eigenvalue weighted by Gasteiger charge is 2.28. The van der Waals surface area contributed by atoms with Crippen LogP contribution < -0.4 is 14.4 Å². The van der Waals surface area contributed by atoms with Crippen molar-refractivity contribution < 1.29 is 22.7 Å². The lowest BCUT2D eigenvalue weighted by atomic mass is 10.1. The van der Waals surface area contributed by atoms with Gasteiger partial charge in [-0.2, -0.15) is 0 Å². The van der Waals surface area contributed by atoms with E-state index < -0.39 is 16.1 Å². The predicted molar refractivity (Wildman–Crippen MR) is 139 cm³/mol. The van der Waals surface area contributed by atoms with Crippen LogP contribution in [-0.2, 0) is 26.0 Å². The molecule has 1 atom stereocenters. The third-order valence-corrected chi connectivity index (χ3v) is 7.18. The number of methoxy groups -OCH3 is 1. The minimum absolute atomic E-state index is 0.0938. The fourth-order valence-electron chi connectivity index (χ4n) is 3.88. The molecule has 10 heteroatoms. The normalized spacial score (nSPS) is 12.0. The smallest absolute Gasteiger partial charge is 0.242 e. The molecule has 8 nitrogen and oxygen atoms in total. The fourth-order valence-corrected chi connectivity index (χ4v) is 5.09. The van der Waals surface area contributed by atoms with Crippen molar-refractivity contribution >= 4 is 39.1 Å². The molecular weight excluding hydrogens is 490 g/mol. The number of nitrogens with one attached hydrogen (secondary N) is 1. The average Bonchev–Trinajstić information content (AvgIpc) is 2.83. The Hall–Kier alpha value is -2.78. The van der Waals surface area contributed by atoms with Crippen molar-refractivity contribution in [3.8, 4) is 5.75 Å². The van der Waals surface area contributed by atoms with Crippen LogP contribution in [-0.4, -0.2) is 64.7 Å². The molecule has 2 aromatic carbocycles. The monoisotopic (exact) mass is 523 g/mol. The van der Waals surface area contributed by atoms with Crippen LogP contribution in [0, 0.1) is 0 Å². The molecule has 2 aromatic rings. The number of likely N-dealkylation sites (N-methyl/N-ethyl adjacent to an activating group) is 1. The SMILES string of the molecule is CC[C@@H](C(=O)NC)N(CCc1ccccc1)C(=O)CCCN(c1ccc(OC)c(Cl)c1)S(C)(=O)=O. The van der Waals surface area contributed by atoms with Crippen molar-refractivity contribution in [3.05, 3.63) is 59.1 Å². The molecule has 0 aliphatic rings. The molecule has 0 aromatic heterocycles. The highest BCUT2D eigenvalue weighted by atomic mass is 35.5. The van der Waals surface area contributed by atoms with Gasteiger partial charge >= 0.3 is 0 Å². The van der Waals surface area contributed by atoms with E-state index in [1.165, 1.54) is 17.5 Å². The zero-order valence-corrected chi connectivity index (χ0v) is 22.2. The molecule has 1 N–H and O–H groups in total. The van der Waals surface area contributed by atoms with Crippen LogP contribution in [0.1, 0.15) is 31.7 Å². The zero-order chi connectivity index (χ0) is 26.0. The number of nitrogens with zero attached hydrogens (tertiary/aromatic N) is 2. The standard InChI is InChI=1S/C25H34ClN3O5S/c1-5-22(25(31)27-2)28(17-15-19-10-7-6-8-11-19)24(30)12-9-16-29(35(4,32)33)20-13-14-23(34-3)21(26)18-20/h6-8,10-11,13-14,18,22H,5,9,12,15-17H2,1-4H3,(H,27,31)/t22-/m0/s1. The van der Waals surface area contributed by atoms with Crippen molar-refractivity contribution in [1.29, 1.82) is 0 Å². The summed E-state index contributed by atoms with van der Waals surface area (Å²) in [5, 5.41) is 2.93. The molecule has 0 unspecified atom stereocenters. The van der Waals surface area contributed by atoms with Gasteiger partial charge in [0, 0.05) is 26.6 Å². The molecule has 35 heavy (non-hydrogen) atoms. The number of hydrogen-bond donors (Lipinski definition) is 1. The number of anilines is 1. The second-order valence-electron chi connectivity index (χ2n) is 8.12. The molecule has 0 bridgehead atoms. The lowest BCUT2D eigenvalue weighted by Crippen LogP contribution is -2.49. The molecule has 0 aliphatic heterocycles. The molecule has 0 spiro atoms. The summed E-state index contributed by atoms with van der Waals surface area (Å²) in [6.07, 6.45) is 2.57. The highest BCUT2D eigenvalue weighted by molar-refractivity contribution is 7.92. The third kappa shape index (κ3) is 8.14. The topological polar surface area (TPSA) is 96.0 Å². The number of rotatable bonds is 13. The summed E-state index contributed by atoms with van der Waals surface area (Å²) in [4.78, 5) is 27.3. The molecule has 192 valence electrons. The summed E-state index contributed by atoms with van der Waals surface area (Å²) in [5.41, 5.74) is 1.46. The number of benzene rings is 2. The minimum Gasteiger partial charge on any atom is -0.495 e. The highest BCUT2D eigenvalue weighted by Crippen LogP contribution is 2.30. The summed E-state index contributed by atoms with van der Waals surface area (Å²) < 4.78 is 31.3. The molecule has 0 aliphatic carbocycles. The van der Waals surface area contributed by atoms with E-state index in [4.69, 9.17) is 16.3 Å². The molecule has 0 saturated carbocycles. The van der Waals surface area contributed by atoms with Crippen LogP contribution in [0.4, 0.5) is 5.69 Å². The van der Waals surface area contributed by atoms with Crippen LogP contribution in [0.5, 0.6) is 5.75 Å². The van der Waals surface area contributed by atoms with Gasteiger partial charge in [0.15, 0.2) is 0 Å². The minimum atomic E-state index is -3.61. The van der Waals surface area contributed by atoms with Gasteiger partial charge in [-0.15, -0.1) is 0 Å². The Balaban J connectivity index is 2.14. The van der Waals surface area contributed by atoms with Gasteiger partial charge in [0.2, 0.25) is 21.8 Å². The van der Waals surface area contributed by atoms with Gasteiger partial charge in [-0.05, 0) is 43.0 Å². The maximum Gasteiger partial charge on any atom is 0.242 e. The van der Waals surface area contributed by atoms with Gasteiger partial charge in [-0.1, -0.05) is 48.9 Å².